The Balaban J connectivity index is 1.79. The number of nitrogens with one attached hydrogen (secondary N) is 1. The molecule has 1 heterocycles. The van der Waals surface area contributed by atoms with Gasteiger partial charge in [-0.1, -0.05) is 30.7 Å². The van der Waals surface area contributed by atoms with Crippen molar-refractivity contribution in [3.63, 3.8) is 0 Å². The molecule has 1 N–H and O–H groups in total. The minimum Gasteiger partial charge on any atom is -0.463 e. The number of hydrogen-bond acceptors (Lipinski definition) is 6. The van der Waals surface area contributed by atoms with Crippen LogP contribution in [0.2, 0.25) is 5.02 Å². The van der Waals surface area contributed by atoms with Crippen LogP contribution in [-0.2, 0) is 9.53 Å². The number of aromatic nitrogens is 2. The smallest absolute Gasteiger partial charge is 0.338 e. The molecule has 3 aromatic rings. The first-order valence-corrected chi connectivity index (χ1v) is 10.8. The van der Waals surface area contributed by atoms with Crippen molar-refractivity contribution in [3.05, 3.63) is 81.1 Å². The van der Waals surface area contributed by atoms with E-state index in [-0.39, 0.29) is 18.0 Å². The fourth-order valence-corrected chi connectivity index (χ4v) is 3.24. The van der Waals surface area contributed by atoms with E-state index in [1.807, 2.05) is 6.92 Å². The number of carbonyl (C=O) groups is 2. The van der Waals surface area contributed by atoms with E-state index in [1.165, 1.54) is 22.9 Å². The van der Waals surface area contributed by atoms with Gasteiger partial charge in [-0.15, -0.1) is 5.10 Å². The minimum absolute atomic E-state index is 0.108. The summed E-state index contributed by atoms with van der Waals surface area (Å²) in [6, 6.07) is 14.3. The number of hydrogen-bond donors (Lipinski definition) is 1. The van der Waals surface area contributed by atoms with Crippen LogP contribution in [0.25, 0.3) is 5.69 Å². The molecule has 0 fully saturated rings. The molecule has 0 aliphatic heterocycles. The van der Waals surface area contributed by atoms with Gasteiger partial charge in [0.15, 0.2) is 6.10 Å². The molecule has 1 unspecified atom stereocenters. The monoisotopic (exact) mass is 469 g/mol. The van der Waals surface area contributed by atoms with Crippen molar-refractivity contribution in [2.24, 2.45) is 0 Å². The summed E-state index contributed by atoms with van der Waals surface area (Å²) in [6.45, 7) is 5.60. The summed E-state index contributed by atoms with van der Waals surface area (Å²) in [4.78, 5) is 37.1. The number of rotatable bonds is 8. The van der Waals surface area contributed by atoms with Gasteiger partial charge in [0.2, 0.25) is 5.88 Å². The second-order valence-corrected chi connectivity index (χ2v) is 7.59. The van der Waals surface area contributed by atoms with E-state index in [4.69, 9.17) is 21.1 Å². The van der Waals surface area contributed by atoms with Crippen molar-refractivity contribution < 1.29 is 19.1 Å². The van der Waals surface area contributed by atoms with Gasteiger partial charge in [-0.2, -0.15) is 4.68 Å². The fourth-order valence-electron chi connectivity index (χ4n) is 3.07. The molecule has 1 aromatic heterocycles. The molecule has 0 bridgehead atoms. The highest BCUT2D eigenvalue weighted by Crippen LogP contribution is 2.19. The number of esters is 1. The van der Waals surface area contributed by atoms with E-state index < -0.39 is 18.0 Å². The lowest BCUT2D eigenvalue weighted by Crippen LogP contribution is -2.33. The maximum atomic E-state index is 12.8. The maximum Gasteiger partial charge on any atom is 0.338 e. The third-order valence-electron chi connectivity index (χ3n) is 4.74. The molecule has 2 aromatic carbocycles. The van der Waals surface area contributed by atoms with Crippen LogP contribution in [0.4, 0.5) is 5.69 Å². The average Bonchev–Trinajstić information content (AvgIpc) is 2.80. The maximum absolute atomic E-state index is 12.8. The highest BCUT2D eigenvalue weighted by molar-refractivity contribution is 6.30. The van der Waals surface area contributed by atoms with Gasteiger partial charge >= 0.3 is 5.97 Å². The van der Waals surface area contributed by atoms with Crippen LogP contribution in [0, 0.1) is 6.92 Å². The second kappa shape index (κ2) is 10.8. The molecule has 8 nitrogen and oxygen atoms in total. The zero-order valence-electron chi connectivity index (χ0n) is 18.5. The molecular weight excluding hydrogens is 446 g/mol. The van der Waals surface area contributed by atoms with Crippen molar-refractivity contribution in [2.75, 3.05) is 11.9 Å². The molecule has 1 atom stereocenters. The Morgan fingerprint density at radius 3 is 2.64 bits per heavy atom. The summed E-state index contributed by atoms with van der Waals surface area (Å²) >= 11 is 6.08. The normalized spacial score (nSPS) is 11.5. The molecule has 0 radical (unpaired) electrons. The Labute approximate surface area is 196 Å². The lowest BCUT2D eigenvalue weighted by Gasteiger charge is -2.17. The van der Waals surface area contributed by atoms with Gasteiger partial charge < -0.3 is 14.8 Å². The van der Waals surface area contributed by atoms with Crippen LogP contribution in [0.5, 0.6) is 5.88 Å². The molecule has 3 rings (SSSR count). The van der Waals surface area contributed by atoms with Gasteiger partial charge in [-0.25, -0.2) is 4.79 Å². The van der Waals surface area contributed by atoms with Gasteiger partial charge in [0.05, 0.1) is 17.9 Å². The van der Waals surface area contributed by atoms with E-state index in [2.05, 4.69) is 10.4 Å². The van der Waals surface area contributed by atoms with Crippen molar-refractivity contribution in [3.8, 4) is 11.6 Å². The molecule has 33 heavy (non-hydrogen) atoms. The Morgan fingerprint density at radius 2 is 1.91 bits per heavy atom. The number of anilines is 1. The molecule has 0 saturated carbocycles. The fraction of sp³-hybridized carbons (Fsp3) is 0.250. The summed E-state index contributed by atoms with van der Waals surface area (Å²) in [5.74, 6) is -0.784. The van der Waals surface area contributed by atoms with Crippen LogP contribution in [0.15, 0.2) is 59.4 Å². The predicted octanol–water partition coefficient (Wildman–Crippen LogP) is 4.17. The van der Waals surface area contributed by atoms with Crippen LogP contribution in [0.3, 0.4) is 0 Å². The Kier molecular flexibility index (Phi) is 7.84. The van der Waals surface area contributed by atoms with Crippen molar-refractivity contribution in [1.82, 2.24) is 9.78 Å². The molecule has 172 valence electrons. The summed E-state index contributed by atoms with van der Waals surface area (Å²) in [7, 11) is 0. The number of carbonyl (C=O) groups excluding carboxylic acids is 2. The van der Waals surface area contributed by atoms with E-state index in [0.29, 0.717) is 28.4 Å². The van der Waals surface area contributed by atoms with E-state index in [0.717, 1.165) is 5.56 Å². The third kappa shape index (κ3) is 5.98. The topological polar surface area (TPSA) is 99.5 Å². The van der Waals surface area contributed by atoms with Gasteiger partial charge in [0.1, 0.15) is 0 Å². The first-order chi connectivity index (χ1) is 15.8. The Bertz CT molecular complexity index is 1220. The zero-order valence-corrected chi connectivity index (χ0v) is 19.3. The molecular formula is C24H24ClN3O5. The SMILES string of the molecule is CCOC(=O)c1cccc(NC(=O)C(CC)Oc2ccc(=O)n(-c3cc(Cl)ccc3C)n2)c1. The van der Waals surface area contributed by atoms with Crippen molar-refractivity contribution >= 4 is 29.2 Å². The van der Waals surface area contributed by atoms with Gasteiger partial charge in [-0.3, -0.25) is 9.59 Å². The first kappa shape index (κ1) is 24.0. The number of amides is 1. The van der Waals surface area contributed by atoms with Crippen LogP contribution in [-0.4, -0.2) is 34.4 Å². The largest absolute Gasteiger partial charge is 0.463 e. The molecule has 0 saturated heterocycles. The van der Waals surface area contributed by atoms with Gasteiger partial charge in [-0.05, 0) is 56.2 Å². The minimum atomic E-state index is -0.879. The lowest BCUT2D eigenvalue weighted by atomic mass is 10.2. The van der Waals surface area contributed by atoms with Crippen molar-refractivity contribution in [1.29, 1.82) is 0 Å². The van der Waals surface area contributed by atoms with Crippen LogP contribution in [0.1, 0.15) is 36.2 Å². The summed E-state index contributed by atoms with van der Waals surface area (Å²) < 4.78 is 12.0. The molecule has 0 spiro atoms. The summed E-state index contributed by atoms with van der Waals surface area (Å²) in [5.41, 5.74) is 1.72. The van der Waals surface area contributed by atoms with Crippen LogP contribution >= 0.6 is 11.6 Å². The van der Waals surface area contributed by atoms with E-state index in [1.54, 1.807) is 50.2 Å². The molecule has 1 amide bonds. The molecule has 9 heteroatoms. The number of aryl methyl sites for hydroxylation is 1. The lowest BCUT2D eigenvalue weighted by molar-refractivity contribution is -0.123. The molecule has 0 aliphatic rings. The van der Waals surface area contributed by atoms with Crippen molar-refractivity contribution in [2.45, 2.75) is 33.3 Å². The highest BCUT2D eigenvalue weighted by Gasteiger charge is 2.20. The van der Waals surface area contributed by atoms with Crippen LogP contribution < -0.4 is 15.6 Å². The predicted molar refractivity (Wildman–Crippen MR) is 125 cm³/mol. The van der Waals surface area contributed by atoms with Gasteiger partial charge in [0.25, 0.3) is 11.5 Å². The van der Waals surface area contributed by atoms with E-state index >= 15 is 0 Å². The summed E-state index contributed by atoms with van der Waals surface area (Å²) in [5, 5.41) is 7.47. The zero-order chi connectivity index (χ0) is 24.0. The average molecular weight is 470 g/mol. The molecule has 0 aliphatic carbocycles. The number of benzene rings is 2. The second-order valence-electron chi connectivity index (χ2n) is 7.16. The number of halogens is 1. The quantitative estimate of drug-likeness (QED) is 0.497. The van der Waals surface area contributed by atoms with Gasteiger partial charge in [0, 0.05) is 22.8 Å². The Morgan fingerprint density at radius 1 is 1.12 bits per heavy atom. The third-order valence-corrected chi connectivity index (χ3v) is 4.98. The first-order valence-electron chi connectivity index (χ1n) is 10.4. The van der Waals surface area contributed by atoms with E-state index in [9.17, 15) is 14.4 Å². The number of ether oxygens (including phenoxy) is 2. The Hall–Kier alpha value is -3.65. The highest BCUT2D eigenvalue weighted by atomic mass is 35.5. The standard InChI is InChI=1S/C24H24ClN3O5/c1-4-20(23(30)26-18-8-6-7-16(13-18)24(31)32-5-2)33-21-11-12-22(29)28(27-21)19-14-17(25)10-9-15(19)3/h6-14,20H,4-5H2,1-3H3,(H,26,30). The summed E-state index contributed by atoms with van der Waals surface area (Å²) in [6.07, 6.45) is -0.532. The number of nitrogens with zero attached hydrogens (tertiary/aromatic N) is 2.